The third kappa shape index (κ3) is 4.16. The molecule has 0 spiro atoms. The van der Waals surface area contributed by atoms with Crippen molar-refractivity contribution < 1.29 is 31.4 Å². The minimum atomic E-state index is -4.47. The Morgan fingerprint density at radius 1 is 1.32 bits per heavy atom. The second-order valence-corrected chi connectivity index (χ2v) is 8.48. The van der Waals surface area contributed by atoms with Crippen molar-refractivity contribution >= 4 is 10.0 Å². The predicted molar refractivity (Wildman–Crippen MR) is 84.3 cm³/mol. The van der Waals surface area contributed by atoms with Crippen molar-refractivity contribution in [1.82, 2.24) is 4.31 Å². The van der Waals surface area contributed by atoms with Crippen LogP contribution in [-0.2, 0) is 33.9 Å². The molecular formula is C16H20F3NO4S. The first-order chi connectivity index (χ1) is 11.7. The number of alkyl halides is 3. The lowest BCUT2D eigenvalue weighted by Crippen LogP contribution is -2.42. The zero-order chi connectivity index (χ0) is 18.2. The molecule has 0 aromatic heterocycles. The van der Waals surface area contributed by atoms with Crippen molar-refractivity contribution in [3.63, 3.8) is 0 Å². The van der Waals surface area contributed by atoms with Gasteiger partial charge in [0.1, 0.15) is 0 Å². The molecule has 2 aliphatic heterocycles. The highest BCUT2D eigenvalue weighted by Crippen LogP contribution is 2.32. The second-order valence-electron chi connectivity index (χ2n) is 6.46. The molecule has 140 valence electrons. The zero-order valence-electron chi connectivity index (χ0n) is 13.5. The van der Waals surface area contributed by atoms with E-state index in [0.29, 0.717) is 25.0 Å². The van der Waals surface area contributed by atoms with Crippen LogP contribution in [0.3, 0.4) is 0 Å². The van der Waals surface area contributed by atoms with Crippen molar-refractivity contribution in [1.29, 1.82) is 0 Å². The van der Waals surface area contributed by atoms with E-state index in [1.165, 1.54) is 6.07 Å². The van der Waals surface area contributed by atoms with Gasteiger partial charge in [0.2, 0.25) is 10.0 Å². The van der Waals surface area contributed by atoms with Gasteiger partial charge in [-0.2, -0.15) is 17.5 Å². The van der Waals surface area contributed by atoms with Gasteiger partial charge in [0.05, 0.1) is 23.5 Å². The summed E-state index contributed by atoms with van der Waals surface area (Å²) in [6, 6.07) is 3.43. The number of hydrogen-bond donors (Lipinski definition) is 1. The van der Waals surface area contributed by atoms with Gasteiger partial charge in [-0.05, 0) is 42.5 Å². The third-order valence-electron chi connectivity index (χ3n) is 4.68. The van der Waals surface area contributed by atoms with Crippen molar-refractivity contribution in [2.24, 2.45) is 0 Å². The summed E-state index contributed by atoms with van der Waals surface area (Å²) in [4.78, 5) is 0. The molecule has 1 aromatic rings. The zero-order valence-corrected chi connectivity index (χ0v) is 14.3. The summed E-state index contributed by atoms with van der Waals surface area (Å²) in [6.07, 6.45) is -4.36. The highest BCUT2D eigenvalue weighted by Gasteiger charge is 2.35. The summed E-state index contributed by atoms with van der Waals surface area (Å²) >= 11 is 0. The molecule has 2 atom stereocenters. The standard InChI is InChI=1S/C16H20F3NO4S/c17-16(18,19)13-4-3-11-5-6-20(9-12(11)8-13)25(22,23)10-14(21)15-2-1-7-24-15/h3-4,8,14-15,21H,1-2,5-7,9-10H2/t14?,15-/m1/s1. The minimum absolute atomic E-state index is 0.111. The Morgan fingerprint density at radius 3 is 2.72 bits per heavy atom. The molecule has 1 aromatic carbocycles. The minimum Gasteiger partial charge on any atom is -0.389 e. The Hall–Kier alpha value is -1.16. The normalized spacial score (nSPS) is 23.4. The highest BCUT2D eigenvalue weighted by molar-refractivity contribution is 7.89. The Labute approximate surface area is 144 Å². The lowest BCUT2D eigenvalue weighted by molar-refractivity contribution is -0.137. The van der Waals surface area contributed by atoms with Gasteiger partial charge in [-0.15, -0.1) is 0 Å². The maximum Gasteiger partial charge on any atom is 0.416 e. The average Bonchev–Trinajstić information content (AvgIpc) is 3.07. The van der Waals surface area contributed by atoms with E-state index in [9.17, 15) is 26.7 Å². The Bertz CT molecular complexity index is 729. The largest absolute Gasteiger partial charge is 0.416 e. The number of rotatable bonds is 4. The summed E-state index contributed by atoms with van der Waals surface area (Å²) in [5.41, 5.74) is 0.292. The van der Waals surface area contributed by atoms with Crippen LogP contribution in [0.15, 0.2) is 18.2 Å². The van der Waals surface area contributed by atoms with E-state index in [0.717, 1.165) is 28.4 Å². The van der Waals surface area contributed by atoms with E-state index in [-0.39, 0.29) is 13.1 Å². The molecule has 25 heavy (non-hydrogen) atoms. The fraction of sp³-hybridized carbons (Fsp3) is 0.625. The van der Waals surface area contributed by atoms with Gasteiger partial charge in [0, 0.05) is 19.7 Å². The molecule has 3 rings (SSSR count). The van der Waals surface area contributed by atoms with Crippen molar-refractivity contribution in [2.45, 2.75) is 44.2 Å². The number of fused-ring (bicyclic) bond motifs is 1. The number of aliphatic hydroxyl groups is 1. The summed E-state index contributed by atoms with van der Waals surface area (Å²) in [5.74, 6) is -0.480. The number of aliphatic hydroxyl groups excluding tert-OH is 1. The lowest BCUT2D eigenvalue weighted by atomic mass is 9.98. The van der Waals surface area contributed by atoms with E-state index in [1.807, 2.05) is 0 Å². The van der Waals surface area contributed by atoms with Crippen LogP contribution in [0.4, 0.5) is 13.2 Å². The number of sulfonamides is 1. The van der Waals surface area contributed by atoms with E-state index < -0.39 is 39.7 Å². The first-order valence-corrected chi connectivity index (χ1v) is 9.74. The SMILES string of the molecule is O=S(=O)(CC(O)[C@H]1CCCO1)N1CCc2ccc(C(F)(F)F)cc2C1. The molecule has 2 heterocycles. The van der Waals surface area contributed by atoms with Gasteiger partial charge in [-0.3, -0.25) is 0 Å². The lowest BCUT2D eigenvalue weighted by Gasteiger charge is -2.30. The van der Waals surface area contributed by atoms with Gasteiger partial charge in [0.25, 0.3) is 0 Å². The van der Waals surface area contributed by atoms with Crippen LogP contribution in [-0.4, -0.2) is 48.9 Å². The Balaban J connectivity index is 1.74. The molecule has 0 aliphatic carbocycles. The third-order valence-corrected chi connectivity index (χ3v) is 6.54. The second kappa shape index (κ2) is 6.86. The van der Waals surface area contributed by atoms with Crippen LogP contribution in [0.2, 0.25) is 0 Å². The number of halogens is 3. The molecule has 1 N–H and O–H groups in total. The first-order valence-electron chi connectivity index (χ1n) is 8.13. The molecule has 0 bridgehead atoms. The smallest absolute Gasteiger partial charge is 0.389 e. The van der Waals surface area contributed by atoms with Crippen LogP contribution >= 0.6 is 0 Å². The van der Waals surface area contributed by atoms with Crippen LogP contribution < -0.4 is 0 Å². The molecule has 5 nitrogen and oxygen atoms in total. The van der Waals surface area contributed by atoms with Gasteiger partial charge < -0.3 is 9.84 Å². The van der Waals surface area contributed by atoms with Crippen LogP contribution in [0, 0.1) is 0 Å². The van der Waals surface area contributed by atoms with Crippen molar-refractivity contribution in [2.75, 3.05) is 18.9 Å². The van der Waals surface area contributed by atoms with Crippen molar-refractivity contribution in [3.05, 3.63) is 34.9 Å². The first kappa shape index (κ1) is 18.6. The molecule has 1 saturated heterocycles. The summed E-state index contributed by atoms with van der Waals surface area (Å²) < 4.78 is 70.1. The van der Waals surface area contributed by atoms with E-state index >= 15 is 0 Å². The fourth-order valence-electron chi connectivity index (χ4n) is 3.28. The monoisotopic (exact) mass is 379 g/mol. The van der Waals surface area contributed by atoms with E-state index in [4.69, 9.17) is 4.74 Å². The molecule has 0 saturated carbocycles. The number of hydrogen-bond acceptors (Lipinski definition) is 4. The van der Waals surface area contributed by atoms with Gasteiger partial charge in [-0.25, -0.2) is 8.42 Å². The maximum atomic E-state index is 12.9. The average molecular weight is 379 g/mol. The van der Waals surface area contributed by atoms with Gasteiger partial charge >= 0.3 is 6.18 Å². The summed E-state index contributed by atoms with van der Waals surface area (Å²) in [6.45, 7) is 0.581. The van der Waals surface area contributed by atoms with Crippen molar-refractivity contribution in [3.8, 4) is 0 Å². The topological polar surface area (TPSA) is 66.8 Å². The molecule has 0 radical (unpaired) electrons. The number of benzene rings is 1. The summed E-state index contributed by atoms with van der Waals surface area (Å²) in [5, 5.41) is 10.1. The Morgan fingerprint density at radius 2 is 2.08 bits per heavy atom. The van der Waals surface area contributed by atoms with E-state index in [1.54, 1.807) is 0 Å². The van der Waals surface area contributed by atoms with E-state index in [2.05, 4.69) is 0 Å². The van der Waals surface area contributed by atoms with Crippen LogP contribution in [0.5, 0.6) is 0 Å². The quantitative estimate of drug-likeness (QED) is 0.868. The van der Waals surface area contributed by atoms with Gasteiger partial charge in [0.15, 0.2) is 0 Å². The predicted octanol–water partition coefficient (Wildman–Crippen LogP) is 1.93. The maximum absolute atomic E-state index is 12.9. The molecule has 1 unspecified atom stereocenters. The van der Waals surface area contributed by atoms with Gasteiger partial charge in [-0.1, -0.05) is 6.07 Å². The van der Waals surface area contributed by atoms with Crippen LogP contribution in [0.1, 0.15) is 29.5 Å². The highest BCUT2D eigenvalue weighted by atomic mass is 32.2. The Kier molecular flexibility index (Phi) is 5.11. The molecule has 0 amide bonds. The molecule has 1 fully saturated rings. The molecule has 9 heteroatoms. The van der Waals surface area contributed by atoms with Crippen LogP contribution in [0.25, 0.3) is 0 Å². The molecular weight excluding hydrogens is 359 g/mol. The fourth-order valence-corrected chi connectivity index (χ4v) is 4.84. The number of ether oxygens (including phenoxy) is 1. The molecule has 2 aliphatic rings. The number of nitrogens with zero attached hydrogens (tertiary/aromatic N) is 1. The summed E-state index contributed by atoms with van der Waals surface area (Å²) in [7, 11) is -3.79.